The largest absolute Gasteiger partial charge is 0.477 e. The highest BCUT2D eigenvalue weighted by molar-refractivity contribution is 7.92. The van der Waals surface area contributed by atoms with Gasteiger partial charge in [-0.3, -0.25) is 14.9 Å². The first-order chi connectivity index (χ1) is 8.81. The number of carboxylic acid groups (broad SMARTS) is 1. The highest BCUT2D eigenvalue weighted by Crippen LogP contribution is 2.20. The summed E-state index contributed by atoms with van der Waals surface area (Å²) in [4.78, 5) is 10.7. The Morgan fingerprint density at radius 1 is 1.32 bits per heavy atom. The molecule has 0 spiro atoms. The molecule has 0 radical (unpaired) electrons. The summed E-state index contributed by atoms with van der Waals surface area (Å²) in [5.74, 6) is -1.33. The number of nitrogens with one attached hydrogen (secondary N) is 3. The number of carbonyl (C=O) groups is 1. The number of aromatic amines is 2. The summed E-state index contributed by atoms with van der Waals surface area (Å²) >= 11 is 0. The first-order valence-corrected chi connectivity index (χ1v) is 6.62. The lowest BCUT2D eigenvalue weighted by molar-refractivity contribution is 0.0690. The molecule has 4 N–H and O–H groups in total. The van der Waals surface area contributed by atoms with Crippen LogP contribution in [0.15, 0.2) is 11.0 Å². The Morgan fingerprint density at radius 3 is 2.47 bits per heavy atom. The van der Waals surface area contributed by atoms with E-state index in [1.165, 1.54) is 0 Å². The molecule has 0 amide bonds. The smallest absolute Gasteiger partial charge is 0.353 e. The van der Waals surface area contributed by atoms with Crippen molar-refractivity contribution < 1.29 is 18.3 Å². The molecule has 0 unspecified atom stereocenters. The van der Waals surface area contributed by atoms with E-state index in [0.29, 0.717) is 11.4 Å². The molecule has 2 rings (SSSR count). The minimum atomic E-state index is -3.86. The summed E-state index contributed by atoms with van der Waals surface area (Å²) in [6.45, 7) is 3.12. The second-order valence-electron chi connectivity index (χ2n) is 3.84. The molecular weight excluding hydrogens is 274 g/mol. The van der Waals surface area contributed by atoms with Crippen molar-refractivity contribution in [2.24, 2.45) is 0 Å². The molecular formula is C9H11N5O4S. The number of aryl methyl sites for hydroxylation is 2. The summed E-state index contributed by atoms with van der Waals surface area (Å²) in [5.41, 5.74) is 0.497. The van der Waals surface area contributed by atoms with Crippen LogP contribution in [0.3, 0.4) is 0 Å². The number of nitrogens with zero attached hydrogens (tertiary/aromatic N) is 2. The van der Waals surface area contributed by atoms with E-state index in [1.807, 2.05) is 0 Å². The monoisotopic (exact) mass is 285 g/mol. The maximum Gasteiger partial charge on any atom is 0.353 e. The Labute approximate surface area is 108 Å². The van der Waals surface area contributed by atoms with Crippen molar-refractivity contribution in [2.45, 2.75) is 18.7 Å². The molecule has 102 valence electrons. The highest BCUT2D eigenvalue weighted by Gasteiger charge is 2.23. The fourth-order valence-electron chi connectivity index (χ4n) is 1.61. The fraction of sp³-hybridized carbons (Fsp3) is 0.222. The summed E-state index contributed by atoms with van der Waals surface area (Å²) in [6, 6.07) is 1.09. The summed E-state index contributed by atoms with van der Waals surface area (Å²) in [5, 5.41) is 20.8. The van der Waals surface area contributed by atoms with Crippen molar-refractivity contribution in [3.05, 3.63) is 23.1 Å². The zero-order valence-electron chi connectivity index (χ0n) is 10.1. The number of hydrogen-bond acceptors (Lipinski definition) is 5. The second kappa shape index (κ2) is 4.39. The van der Waals surface area contributed by atoms with Crippen LogP contribution in [0.25, 0.3) is 0 Å². The Bertz CT molecular complexity index is 710. The van der Waals surface area contributed by atoms with E-state index >= 15 is 0 Å². The van der Waals surface area contributed by atoms with Crippen LogP contribution < -0.4 is 4.72 Å². The number of sulfonamides is 1. The molecule has 0 saturated heterocycles. The molecule has 0 fully saturated rings. The maximum absolute atomic E-state index is 12.1. The quantitative estimate of drug-likeness (QED) is 0.634. The SMILES string of the molecule is Cc1n[nH]c(C)c1S(=O)(=O)Nc1cc(C(=O)O)[nH]n1. The van der Waals surface area contributed by atoms with Gasteiger partial charge in [0.25, 0.3) is 10.0 Å². The molecule has 0 atom stereocenters. The Hall–Kier alpha value is -2.36. The van der Waals surface area contributed by atoms with Gasteiger partial charge in [-0.25, -0.2) is 13.2 Å². The number of rotatable bonds is 4. The summed E-state index contributed by atoms with van der Waals surface area (Å²) < 4.78 is 26.4. The average molecular weight is 285 g/mol. The van der Waals surface area contributed by atoms with Crippen LogP contribution in [-0.2, 0) is 10.0 Å². The maximum atomic E-state index is 12.1. The van der Waals surface area contributed by atoms with Crippen molar-refractivity contribution in [3.8, 4) is 0 Å². The van der Waals surface area contributed by atoms with Crippen LogP contribution in [-0.4, -0.2) is 39.9 Å². The van der Waals surface area contributed by atoms with Gasteiger partial charge in [-0.2, -0.15) is 10.2 Å². The molecule has 2 aromatic heterocycles. The molecule has 0 aliphatic rings. The highest BCUT2D eigenvalue weighted by atomic mass is 32.2. The predicted octanol–water partition coefficient (Wildman–Crippen LogP) is 0.249. The zero-order valence-corrected chi connectivity index (χ0v) is 10.9. The van der Waals surface area contributed by atoms with Gasteiger partial charge in [0.15, 0.2) is 5.82 Å². The van der Waals surface area contributed by atoms with Crippen LogP contribution in [0.2, 0.25) is 0 Å². The third-order valence-electron chi connectivity index (χ3n) is 2.38. The van der Waals surface area contributed by atoms with Crippen LogP contribution >= 0.6 is 0 Å². The van der Waals surface area contributed by atoms with Crippen LogP contribution in [0.4, 0.5) is 5.82 Å². The van der Waals surface area contributed by atoms with Gasteiger partial charge in [-0.15, -0.1) is 0 Å². The predicted molar refractivity (Wildman–Crippen MR) is 64.4 cm³/mol. The zero-order chi connectivity index (χ0) is 14.2. The third kappa shape index (κ3) is 2.42. The first kappa shape index (κ1) is 13.1. The third-order valence-corrected chi connectivity index (χ3v) is 3.99. The van der Waals surface area contributed by atoms with Crippen LogP contribution in [0.5, 0.6) is 0 Å². The van der Waals surface area contributed by atoms with Crippen molar-refractivity contribution in [3.63, 3.8) is 0 Å². The van der Waals surface area contributed by atoms with Crippen molar-refractivity contribution in [2.75, 3.05) is 4.72 Å². The van der Waals surface area contributed by atoms with E-state index < -0.39 is 16.0 Å². The van der Waals surface area contributed by atoms with Gasteiger partial charge in [0.1, 0.15) is 10.6 Å². The lowest BCUT2D eigenvalue weighted by Gasteiger charge is -2.04. The van der Waals surface area contributed by atoms with Crippen molar-refractivity contribution in [1.82, 2.24) is 20.4 Å². The Balaban J connectivity index is 2.34. The van der Waals surface area contributed by atoms with Gasteiger partial charge < -0.3 is 5.11 Å². The van der Waals surface area contributed by atoms with E-state index in [0.717, 1.165) is 6.07 Å². The molecule has 0 aliphatic carbocycles. The molecule has 2 heterocycles. The van der Waals surface area contributed by atoms with E-state index in [9.17, 15) is 13.2 Å². The fourth-order valence-corrected chi connectivity index (χ4v) is 2.97. The molecule has 10 heteroatoms. The molecule has 0 bridgehead atoms. The summed E-state index contributed by atoms with van der Waals surface area (Å²) in [6.07, 6.45) is 0. The number of carboxylic acids is 1. The molecule has 0 aliphatic heterocycles. The van der Waals surface area contributed by atoms with Gasteiger partial charge >= 0.3 is 5.97 Å². The Morgan fingerprint density at radius 2 is 2.00 bits per heavy atom. The second-order valence-corrected chi connectivity index (χ2v) is 5.46. The van der Waals surface area contributed by atoms with E-state index in [4.69, 9.17) is 5.11 Å². The van der Waals surface area contributed by atoms with Gasteiger partial charge in [0.2, 0.25) is 0 Å². The first-order valence-electron chi connectivity index (χ1n) is 5.14. The van der Waals surface area contributed by atoms with Crippen LogP contribution in [0.1, 0.15) is 21.9 Å². The number of anilines is 1. The Kier molecular flexibility index (Phi) is 3.02. The van der Waals surface area contributed by atoms with Crippen molar-refractivity contribution in [1.29, 1.82) is 0 Å². The van der Waals surface area contributed by atoms with E-state index in [2.05, 4.69) is 25.1 Å². The van der Waals surface area contributed by atoms with Gasteiger partial charge in [-0.1, -0.05) is 0 Å². The number of aromatic carboxylic acids is 1. The minimum absolute atomic E-state index is 0.0207. The lowest BCUT2D eigenvalue weighted by atomic mass is 10.4. The summed E-state index contributed by atoms with van der Waals surface area (Å²) in [7, 11) is -3.86. The number of hydrogen-bond donors (Lipinski definition) is 4. The topological polar surface area (TPSA) is 141 Å². The molecule has 19 heavy (non-hydrogen) atoms. The van der Waals surface area contributed by atoms with Gasteiger partial charge in [0.05, 0.1) is 11.4 Å². The molecule has 9 nitrogen and oxygen atoms in total. The standard InChI is InChI=1S/C9H11N5O4S/c1-4-8(5(2)11-10-4)19(17,18)14-7-3-6(9(15)16)12-13-7/h3H,1-2H3,(H,10,11)(H,15,16)(H2,12,13,14). The normalized spacial score (nSPS) is 11.5. The van der Waals surface area contributed by atoms with Crippen molar-refractivity contribution >= 4 is 21.8 Å². The van der Waals surface area contributed by atoms with Gasteiger partial charge in [-0.05, 0) is 13.8 Å². The van der Waals surface area contributed by atoms with Crippen LogP contribution in [0, 0.1) is 13.8 Å². The van der Waals surface area contributed by atoms with Gasteiger partial charge in [0, 0.05) is 6.07 Å². The number of aromatic nitrogens is 4. The molecule has 2 aromatic rings. The van der Waals surface area contributed by atoms with E-state index in [-0.39, 0.29) is 16.4 Å². The molecule has 0 aromatic carbocycles. The van der Waals surface area contributed by atoms with E-state index in [1.54, 1.807) is 13.8 Å². The number of H-pyrrole nitrogens is 2. The minimum Gasteiger partial charge on any atom is -0.477 e. The average Bonchev–Trinajstić information content (AvgIpc) is 2.85. The molecule has 0 saturated carbocycles. The lowest BCUT2D eigenvalue weighted by Crippen LogP contribution is -2.14.